The zero-order valence-corrected chi connectivity index (χ0v) is 11.2. The predicted octanol–water partition coefficient (Wildman–Crippen LogP) is 1.11. The lowest BCUT2D eigenvalue weighted by Gasteiger charge is -2.09. The molecule has 0 fully saturated rings. The van der Waals surface area contributed by atoms with Crippen LogP contribution in [0.1, 0.15) is 5.56 Å². The van der Waals surface area contributed by atoms with Crippen LogP contribution in [0.25, 0.3) is 5.70 Å². The quantitative estimate of drug-likeness (QED) is 0.498. The average Bonchev–Trinajstić information content (AvgIpc) is 2.42. The van der Waals surface area contributed by atoms with Crippen molar-refractivity contribution in [3.8, 4) is 5.75 Å². The number of phenols is 1. The minimum Gasteiger partial charge on any atom is -0.507 e. The largest absolute Gasteiger partial charge is 0.507 e. The van der Waals surface area contributed by atoms with Gasteiger partial charge in [-0.05, 0) is 18.2 Å². The number of nitrogens with one attached hydrogen (secondary N) is 1. The Morgan fingerprint density at radius 2 is 1.95 bits per heavy atom. The molecule has 1 rings (SSSR count). The number of hydrogen-bond donors (Lipinski definition) is 5. The zero-order valence-electron chi connectivity index (χ0n) is 11.2. The second-order valence-electron chi connectivity index (χ2n) is 4.03. The van der Waals surface area contributed by atoms with Gasteiger partial charge in [-0.3, -0.25) is 0 Å². The van der Waals surface area contributed by atoms with E-state index in [-0.39, 0.29) is 11.6 Å². The number of benzene rings is 1. The highest BCUT2D eigenvalue weighted by atomic mass is 16.3. The van der Waals surface area contributed by atoms with E-state index in [2.05, 4.69) is 11.9 Å². The average molecular weight is 272 g/mol. The third-order valence-corrected chi connectivity index (χ3v) is 2.51. The fourth-order valence-corrected chi connectivity index (χ4v) is 1.52. The monoisotopic (exact) mass is 272 g/mol. The number of allylic oxidation sites excluding steroid dienone is 3. The highest BCUT2D eigenvalue weighted by Crippen LogP contribution is 2.21. The molecule has 1 aromatic carbocycles. The van der Waals surface area contributed by atoms with Crippen molar-refractivity contribution < 1.29 is 5.11 Å². The number of para-hydroxylation sites is 1. The molecule has 0 aliphatic rings. The Labute approximate surface area is 118 Å². The van der Waals surface area contributed by atoms with Gasteiger partial charge in [0, 0.05) is 17.8 Å². The van der Waals surface area contributed by atoms with Crippen molar-refractivity contribution in [2.75, 3.05) is 6.54 Å². The SMILES string of the molecule is C=C/C=C\CNC(/C=C(\N)c1ccccc1O)=C(N)N. The fourth-order valence-electron chi connectivity index (χ4n) is 1.52. The molecule has 0 heterocycles. The van der Waals surface area contributed by atoms with Crippen molar-refractivity contribution in [3.63, 3.8) is 0 Å². The van der Waals surface area contributed by atoms with Crippen LogP contribution in [0.5, 0.6) is 5.75 Å². The van der Waals surface area contributed by atoms with Gasteiger partial charge >= 0.3 is 0 Å². The summed E-state index contributed by atoms with van der Waals surface area (Å²) in [6.07, 6.45) is 6.92. The van der Waals surface area contributed by atoms with Gasteiger partial charge in [-0.25, -0.2) is 0 Å². The summed E-state index contributed by atoms with van der Waals surface area (Å²) in [6.45, 7) is 4.11. The number of aromatic hydroxyl groups is 1. The van der Waals surface area contributed by atoms with Crippen LogP contribution >= 0.6 is 0 Å². The van der Waals surface area contributed by atoms with Gasteiger partial charge in [0.25, 0.3) is 0 Å². The second-order valence-corrected chi connectivity index (χ2v) is 4.03. The number of phenolic OH excluding ortho intramolecular Hbond substituents is 1. The first kappa shape index (κ1) is 15.2. The normalized spacial score (nSPS) is 11.3. The van der Waals surface area contributed by atoms with Gasteiger partial charge in [-0.2, -0.15) is 0 Å². The van der Waals surface area contributed by atoms with Crippen LogP contribution in [0.2, 0.25) is 0 Å². The summed E-state index contributed by atoms with van der Waals surface area (Å²) in [5, 5.41) is 12.8. The summed E-state index contributed by atoms with van der Waals surface area (Å²) in [7, 11) is 0. The highest BCUT2D eigenvalue weighted by Gasteiger charge is 2.04. The molecule has 0 aliphatic carbocycles. The Morgan fingerprint density at radius 3 is 2.55 bits per heavy atom. The summed E-state index contributed by atoms with van der Waals surface area (Å²) in [6, 6.07) is 6.78. The molecule has 0 atom stereocenters. The standard InChI is InChI=1S/C15H20N4O/c1-2-3-6-9-19-13(15(17)18)10-12(16)11-7-4-5-8-14(11)20/h2-8,10,19-20H,1,9,16-18H2/b6-3-,12-10-. The van der Waals surface area contributed by atoms with Crippen LogP contribution in [0, 0.1) is 0 Å². The summed E-state index contributed by atoms with van der Waals surface area (Å²) in [4.78, 5) is 0. The molecule has 0 bridgehead atoms. The van der Waals surface area contributed by atoms with Gasteiger partial charge in [-0.15, -0.1) is 0 Å². The van der Waals surface area contributed by atoms with Gasteiger partial charge in [0.15, 0.2) is 0 Å². The molecule has 1 aromatic rings. The van der Waals surface area contributed by atoms with Crippen molar-refractivity contribution >= 4 is 5.70 Å². The molecule has 0 aromatic heterocycles. The van der Waals surface area contributed by atoms with Crippen LogP contribution in [0.15, 0.2) is 66.7 Å². The van der Waals surface area contributed by atoms with Crippen LogP contribution < -0.4 is 22.5 Å². The minimum atomic E-state index is 0.0998. The van der Waals surface area contributed by atoms with Gasteiger partial charge < -0.3 is 27.6 Å². The van der Waals surface area contributed by atoms with Crippen LogP contribution in [0.4, 0.5) is 0 Å². The second kappa shape index (κ2) is 7.58. The van der Waals surface area contributed by atoms with E-state index in [0.717, 1.165) is 0 Å². The fraction of sp³-hybridized carbons (Fsp3) is 0.0667. The van der Waals surface area contributed by atoms with Crippen molar-refractivity contribution in [1.29, 1.82) is 0 Å². The van der Waals surface area contributed by atoms with E-state index in [1.165, 1.54) is 0 Å². The predicted molar refractivity (Wildman–Crippen MR) is 83.0 cm³/mol. The molecule has 5 heteroatoms. The molecular weight excluding hydrogens is 252 g/mol. The maximum absolute atomic E-state index is 9.74. The van der Waals surface area contributed by atoms with Gasteiger partial charge in [0.2, 0.25) is 0 Å². The minimum absolute atomic E-state index is 0.0998. The summed E-state index contributed by atoms with van der Waals surface area (Å²) in [5.41, 5.74) is 18.5. The van der Waals surface area contributed by atoms with Crippen LogP contribution in [0.3, 0.4) is 0 Å². The van der Waals surface area contributed by atoms with Crippen molar-refractivity contribution in [1.82, 2.24) is 5.32 Å². The summed E-state index contributed by atoms with van der Waals surface area (Å²) in [5.74, 6) is 0.220. The van der Waals surface area contributed by atoms with E-state index in [1.807, 2.05) is 6.08 Å². The van der Waals surface area contributed by atoms with E-state index in [0.29, 0.717) is 23.5 Å². The Balaban J connectivity index is 2.92. The Bertz CT molecular complexity index is 555. The van der Waals surface area contributed by atoms with E-state index in [4.69, 9.17) is 17.2 Å². The van der Waals surface area contributed by atoms with Gasteiger partial charge in [0.05, 0.1) is 5.70 Å². The summed E-state index contributed by atoms with van der Waals surface area (Å²) >= 11 is 0. The lowest BCUT2D eigenvalue weighted by molar-refractivity contribution is 0.473. The third kappa shape index (κ3) is 4.45. The first-order chi connectivity index (χ1) is 9.56. The van der Waals surface area contributed by atoms with Crippen molar-refractivity contribution in [3.05, 3.63) is 72.2 Å². The molecule has 5 nitrogen and oxygen atoms in total. The molecular formula is C15H20N4O. The Kier molecular flexibility index (Phi) is 5.77. The molecule has 106 valence electrons. The number of rotatable bonds is 6. The molecule has 20 heavy (non-hydrogen) atoms. The molecule has 0 unspecified atom stereocenters. The van der Waals surface area contributed by atoms with E-state index >= 15 is 0 Å². The molecule has 0 saturated heterocycles. The summed E-state index contributed by atoms with van der Waals surface area (Å²) < 4.78 is 0. The van der Waals surface area contributed by atoms with E-state index < -0.39 is 0 Å². The molecule has 8 N–H and O–H groups in total. The first-order valence-corrected chi connectivity index (χ1v) is 6.08. The zero-order chi connectivity index (χ0) is 15.0. The first-order valence-electron chi connectivity index (χ1n) is 6.08. The number of hydrogen-bond acceptors (Lipinski definition) is 5. The maximum Gasteiger partial charge on any atom is 0.124 e. The molecule has 0 radical (unpaired) electrons. The van der Waals surface area contributed by atoms with Gasteiger partial charge in [-0.1, -0.05) is 36.9 Å². The lowest BCUT2D eigenvalue weighted by Crippen LogP contribution is -2.22. The maximum atomic E-state index is 9.74. The van der Waals surface area contributed by atoms with E-state index in [1.54, 1.807) is 42.5 Å². The Morgan fingerprint density at radius 1 is 1.25 bits per heavy atom. The van der Waals surface area contributed by atoms with Crippen LogP contribution in [-0.2, 0) is 0 Å². The lowest BCUT2D eigenvalue weighted by atomic mass is 10.1. The molecule has 0 saturated carbocycles. The topological polar surface area (TPSA) is 110 Å². The smallest absolute Gasteiger partial charge is 0.124 e. The number of nitrogens with two attached hydrogens (primary N) is 3. The molecule has 0 aliphatic heterocycles. The third-order valence-electron chi connectivity index (χ3n) is 2.51. The highest BCUT2D eigenvalue weighted by molar-refractivity contribution is 5.69. The van der Waals surface area contributed by atoms with Gasteiger partial charge in [0.1, 0.15) is 11.6 Å². The van der Waals surface area contributed by atoms with Crippen molar-refractivity contribution in [2.24, 2.45) is 17.2 Å². The molecule has 0 amide bonds. The Hall–Kier alpha value is -2.82. The van der Waals surface area contributed by atoms with Crippen molar-refractivity contribution in [2.45, 2.75) is 0 Å². The van der Waals surface area contributed by atoms with Crippen LogP contribution in [-0.4, -0.2) is 11.7 Å². The molecule has 0 spiro atoms. The van der Waals surface area contributed by atoms with E-state index in [9.17, 15) is 5.11 Å².